The number of benzene rings is 1. The van der Waals surface area contributed by atoms with Crippen LogP contribution in [0.1, 0.15) is 103 Å². The molecule has 0 saturated heterocycles. The summed E-state index contributed by atoms with van der Waals surface area (Å²) in [6.07, 6.45) is 15.0. The van der Waals surface area contributed by atoms with E-state index in [4.69, 9.17) is 10.5 Å². The van der Waals surface area contributed by atoms with E-state index in [2.05, 4.69) is 24.4 Å². The Labute approximate surface area is 185 Å². The van der Waals surface area contributed by atoms with E-state index >= 15 is 0 Å². The van der Waals surface area contributed by atoms with Gasteiger partial charge in [-0.1, -0.05) is 95.0 Å². The lowest BCUT2D eigenvalue weighted by Crippen LogP contribution is -2.35. The maximum Gasteiger partial charge on any atom is 0.222 e. The molecule has 1 aromatic rings. The lowest BCUT2D eigenvalue weighted by Gasteiger charge is -2.20. The van der Waals surface area contributed by atoms with Gasteiger partial charge < -0.3 is 15.8 Å². The molecule has 0 aliphatic rings. The molecule has 0 spiro atoms. The second kappa shape index (κ2) is 18.4. The van der Waals surface area contributed by atoms with Crippen LogP contribution in [0.5, 0.6) is 0 Å². The van der Waals surface area contributed by atoms with Gasteiger partial charge in [-0.15, -0.1) is 0 Å². The zero-order chi connectivity index (χ0) is 21.9. The molecule has 0 aliphatic heterocycles. The molecule has 0 unspecified atom stereocenters. The number of hydrogen-bond acceptors (Lipinski definition) is 3. The van der Waals surface area contributed by atoms with E-state index in [1.165, 1.54) is 51.4 Å². The zero-order valence-electron chi connectivity index (χ0n) is 19.5. The van der Waals surface area contributed by atoms with Crippen molar-refractivity contribution in [2.45, 2.75) is 116 Å². The van der Waals surface area contributed by atoms with Crippen LogP contribution in [0, 0.1) is 0 Å². The first kappa shape index (κ1) is 26.6. The number of ether oxygens (including phenoxy) is 1. The number of carbonyl (C=O) groups excluding carboxylic acids is 1. The van der Waals surface area contributed by atoms with E-state index in [1.807, 2.05) is 25.1 Å². The van der Waals surface area contributed by atoms with Gasteiger partial charge in [0.15, 0.2) is 0 Å². The summed E-state index contributed by atoms with van der Waals surface area (Å²) in [6, 6.07) is 10.4. The van der Waals surface area contributed by atoms with E-state index in [0.717, 1.165) is 31.2 Å². The summed E-state index contributed by atoms with van der Waals surface area (Å²) in [5, 5.41) is 3.10. The molecule has 4 nitrogen and oxygen atoms in total. The number of nitrogens with one attached hydrogen (secondary N) is 1. The average Bonchev–Trinajstić information content (AvgIpc) is 2.75. The summed E-state index contributed by atoms with van der Waals surface area (Å²) in [4.78, 5) is 12.5. The van der Waals surface area contributed by atoms with Crippen LogP contribution in [0.4, 0.5) is 0 Å². The highest BCUT2D eigenvalue weighted by atomic mass is 16.5. The maximum absolute atomic E-state index is 12.5. The Balaban J connectivity index is 2.33. The Morgan fingerprint density at radius 2 is 1.57 bits per heavy atom. The van der Waals surface area contributed by atoms with Crippen LogP contribution in [0.2, 0.25) is 0 Å². The number of carbonyl (C=O) groups is 1. The lowest BCUT2D eigenvalue weighted by molar-refractivity contribution is -0.125. The van der Waals surface area contributed by atoms with Gasteiger partial charge in [-0.2, -0.15) is 0 Å². The van der Waals surface area contributed by atoms with Crippen LogP contribution in [-0.4, -0.2) is 24.6 Å². The first-order valence-corrected chi connectivity index (χ1v) is 12.3. The van der Waals surface area contributed by atoms with Gasteiger partial charge in [-0.05, 0) is 38.3 Å². The smallest absolute Gasteiger partial charge is 0.222 e. The molecule has 1 aromatic carbocycles. The van der Waals surface area contributed by atoms with Crippen molar-refractivity contribution >= 4 is 5.91 Å². The molecular formula is C26H46N2O2. The quantitative estimate of drug-likeness (QED) is 0.266. The lowest BCUT2D eigenvalue weighted by atomic mass is 10.0. The van der Waals surface area contributed by atoms with Gasteiger partial charge in [0, 0.05) is 6.04 Å². The van der Waals surface area contributed by atoms with Crippen molar-refractivity contribution in [1.29, 1.82) is 0 Å². The Morgan fingerprint density at radius 3 is 2.20 bits per heavy atom. The summed E-state index contributed by atoms with van der Waals surface area (Å²) in [6.45, 7) is 5.55. The number of unbranched alkanes of at least 4 members (excludes halogenated alkanes) is 8. The molecule has 0 heterocycles. The highest BCUT2D eigenvalue weighted by molar-refractivity contribution is 5.76. The van der Waals surface area contributed by atoms with Crippen LogP contribution in [0.3, 0.4) is 0 Å². The molecule has 3 N–H and O–H groups in total. The molecule has 0 aromatic heterocycles. The third-order valence-corrected chi connectivity index (χ3v) is 5.62. The minimum Gasteiger partial charge on any atom is -0.373 e. The van der Waals surface area contributed by atoms with E-state index in [-0.39, 0.29) is 18.1 Å². The fraction of sp³-hybridized carbons (Fsp3) is 0.731. The molecule has 4 heteroatoms. The van der Waals surface area contributed by atoms with Crippen LogP contribution in [0.25, 0.3) is 0 Å². The van der Waals surface area contributed by atoms with Gasteiger partial charge in [0.2, 0.25) is 5.91 Å². The molecule has 0 aliphatic carbocycles. The van der Waals surface area contributed by atoms with Gasteiger partial charge in [-0.25, -0.2) is 0 Å². The Hall–Kier alpha value is -1.39. The van der Waals surface area contributed by atoms with Crippen molar-refractivity contribution < 1.29 is 9.53 Å². The van der Waals surface area contributed by atoms with Gasteiger partial charge >= 0.3 is 0 Å². The first-order valence-electron chi connectivity index (χ1n) is 12.3. The summed E-state index contributed by atoms with van der Waals surface area (Å²) >= 11 is 0. The average molecular weight is 419 g/mol. The van der Waals surface area contributed by atoms with Gasteiger partial charge in [0.1, 0.15) is 0 Å². The fourth-order valence-corrected chi connectivity index (χ4v) is 3.75. The van der Waals surface area contributed by atoms with Crippen molar-refractivity contribution in [3.63, 3.8) is 0 Å². The Kier molecular flexibility index (Phi) is 16.3. The van der Waals surface area contributed by atoms with Crippen molar-refractivity contribution in [2.75, 3.05) is 6.54 Å². The minimum atomic E-state index is -0.0172. The van der Waals surface area contributed by atoms with Crippen molar-refractivity contribution in [1.82, 2.24) is 5.32 Å². The van der Waals surface area contributed by atoms with Crippen LogP contribution in [0.15, 0.2) is 30.3 Å². The van der Waals surface area contributed by atoms with E-state index < -0.39 is 0 Å². The summed E-state index contributed by atoms with van der Waals surface area (Å²) in [7, 11) is 0. The van der Waals surface area contributed by atoms with Crippen LogP contribution >= 0.6 is 0 Å². The predicted molar refractivity (Wildman–Crippen MR) is 127 cm³/mol. The Bertz CT molecular complexity index is 521. The number of rotatable bonds is 19. The second-order valence-corrected chi connectivity index (χ2v) is 8.64. The standard InChI is InChI=1S/C26H46N2O2/c1-3-4-5-6-7-8-9-10-14-19-25(30-22-24-17-12-11-13-18-24)21-26(29)28-23(2)16-15-20-27/h11-13,17-18,23,25H,3-10,14-16,19-22,27H2,1-2H3,(H,28,29)/t23-,25-/m1/s1. The number of amides is 1. The predicted octanol–water partition coefficient (Wildman–Crippen LogP) is 6.13. The third-order valence-electron chi connectivity index (χ3n) is 5.62. The maximum atomic E-state index is 12.5. The molecule has 1 amide bonds. The van der Waals surface area contributed by atoms with E-state index in [0.29, 0.717) is 19.6 Å². The molecule has 0 radical (unpaired) electrons. The molecular weight excluding hydrogens is 372 g/mol. The van der Waals surface area contributed by atoms with Gasteiger partial charge in [0.25, 0.3) is 0 Å². The third kappa shape index (κ3) is 14.6. The fourth-order valence-electron chi connectivity index (χ4n) is 3.75. The molecule has 172 valence electrons. The largest absolute Gasteiger partial charge is 0.373 e. The topological polar surface area (TPSA) is 64.4 Å². The number of hydrogen-bond donors (Lipinski definition) is 2. The summed E-state index contributed by atoms with van der Waals surface area (Å²) in [5.74, 6) is 0.0912. The number of nitrogens with two attached hydrogens (primary N) is 1. The summed E-state index contributed by atoms with van der Waals surface area (Å²) in [5.41, 5.74) is 6.73. The normalized spacial score (nSPS) is 13.2. The molecule has 2 atom stereocenters. The minimum absolute atomic E-state index is 0.0172. The molecule has 0 saturated carbocycles. The van der Waals surface area contributed by atoms with Crippen molar-refractivity contribution in [3.8, 4) is 0 Å². The van der Waals surface area contributed by atoms with Gasteiger partial charge in [0.05, 0.1) is 19.1 Å². The second-order valence-electron chi connectivity index (χ2n) is 8.64. The van der Waals surface area contributed by atoms with Gasteiger partial charge in [-0.3, -0.25) is 4.79 Å². The summed E-state index contributed by atoms with van der Waals surface area (Å²) < 4.78 is 6.15. The Morgan fingerprint density at radius 1 is 0.933 bits per heavy atom. The van der Waals surface area contributed by atoms with E-state index in [1.54, 1.807) is 0 Å². The molecule has 30 heavy (non-hydrogen) atoms. The van der Waals surface area contributed by atoms with Crippen LogP contribution in [-0.2, 0) is 16.1 Å². The molecule has 0 fully saturated rings. The van der Waals surface area contributed by atoms with Crippen LogP contribution < -0.4 is 11.1 Å². The molecule has 0 bridgehead atoms. The highest BCUT2D eigenvalue weighted by Gasteiger charge is 2.16. The van der Waals surface area contributed by atoms with E-state index in [9.17, 15) is 4.79 Å². The zero-order valence-corrected chi connectivity index (χ0v) is 19.5. The first-order chi connectivity index (χ1) is 14.7. The monoisotopic (exact) mass is 418 g/mol. The highest BCUT2D eigenvalue weighted by Crippen LogP contribution is 2.16. The van der Waals surface area contributed by atoms with Crippen molar-refractivity contribution in [2.24, 2.45) is 5.73 Å². The SMILES string of the molecule is CCCCCCCCCCC[C@H](CC(=O)N[C@H](C)CCCN)OCc1ccccc1. The van der Waals surface area contributed by atoms with Crippen molar-refractivity contribution in [3.05, 3.63) is 35.9 Å². The molecule has 1 rings (SSSR count).